The van der Waals surface area contributed by atoms with Gasteiger partial charge in [0.2, 0.25) is 5.91 Å². The van der Waals surface area contributed by atoms with Crippen molar-refractivity contribution in [2.45, 2.75) is 20.4 Å². The molecule has 2 aromatic carbocycles. The van der Waals surface area contributed by atoms with E-state index in [9.17, 15) is 4.79 Å². The summed E-state index contributed by atoms with van der Waals surface area (Å²) in [6, 6.07) is 19.9. The topological polar surface area (TPSA) is 51.0 Å². The predicted molar refractivity (Wildman–Crippen MR) is 120 cm³/mol. The molecule has 4 rings (SSSR count). The lowest BCUT2D eigenvalue weighted by Gasteiger charge is -2.15. The number of para-hydroxylation sites is 2. The van der Waals surface area contributed by atoms with Gasteiger partial charge in [-0.15, -0.1) is 0 Å². The number of benzene rings is 2. The van der Waals surface area contributed by atoms with Gasteiger partial charge in [0, 0.05) is 48.1 Å². The first-order valence-electron chi connectivity index (χ1n) is 9.92. The number of rotatable bonds is 5. The first-order chi connectivity index (χ1) is 14.5. The maximum atomic E-state index is 12.7. The largest absolute Gasteiger partial charge is 0.338 e. The monoisotopic (exact) mass is 396 g/mol. The number of aryl methyl sites for hydroxylation is 1. The summed E-state index contributed by atoms with van der Waals surface area (Å²) in [5.41, 5.74) is 5.87. The molecule has 2 aromatic heterocycles. The van der Waals surface area contributed by atoms with Gasteiger partial charge in [-0.1, -0.05) is 42.5 Å². The third-order valence-electron chi connectivity index (χ3n) is 5.28. The van der Waals surface area contributed by atoms with Gasteiger partial charge < -0.3 is 4.90 Å². The van der Waals surface area contributed by atoms with Crippen molar-refractivity contribution >= 4 is 22.9 Å². The van der Waals surface area contributed by atoms with Crippen LogP contribution in [0.25, 0.3) is 22.7 Å². The normalized spacial score (nSPS) is 11.3. The Morgan fingerprint density at radius 1 is 1.03 bits per heavy atom. The van der Waals surface area contributed by atoms with Gasteiger partial charge in [0.25, 0.3) is 0 Å². The van der Waals surface area contributed by atoms with Gasteiger partial charge in [-0.05, 0) is 38.1 Å². The van der Waals surface area contributed by atoms with E-state index in [1.165, 1.54) is 0 Å². The molecule has 1 amide bonds. The molecule has 2 heterocycles. The highest BCUT2D eigenvalue weighted by Crippen LogP contribution is 2.20. The lowest BCUT2D eigenvalue weighted by atomic mass is 10.1. The van der Waals surface area contributed by atoms with Crippen molar-refractivity contribution in [3.63, 3.8) is 0 Å². The molecule has 5 nitrogen and oxygen atoms in total. The molecule has 0 atom stereocenters. The van der Waals surface area contributed by atoms with E-state index < -0.39 is 0 Å². The summed E-state index contributed by atoms with van der Waals surface area (Å²) < 4.78 is 1.93. The van der Waals surface area contributed by atoms with Gasteiger partial charge in [-0.3, -0.25) is 9.78 Å². The lowest BCUT2D eigenvalue weighted by molar-refractivity contribution is -0.125. The van der Waals surface area contributed by atoms with E-state index in [-0.39, 0.29) is 5.91 Å². The standard InChI is InChI=1S/C25H24N4O/c1-18-23(19(2)29(27-18)22-12-5-4-6-13-22)17-28(3)24(30)15-14-21-10-7-9-20-11-8-16-26-25(20)21/h4-16H,17H2,1-3H3/b15-14+. The average Bonchev–Trinajstić information content (AvgIpc) is 3.06. The highest BCUT2D eigenvalue weighted by Gasteiger charge is 2.16. The van der Waals surface area contributed by atoms with Gasteiger partial charge >= 0.3 is 0 Å². The lowest BCUT2D eigenvalue weighted by Crippen LogP contribution is -2.24. The molecule has 0 unspecified atom stereocenters. The molecule has 0 saturated heterocycles. The average molecular weight is 396 g/mol. The molecular formula is C25H24N4O. The van der Waals surface area contributed by atoms with Gasteiger partial charge in [0.15, 0.2) is 0 Å². The molecule has 0 spiro atoms. The van der Waals surface area contributed by atoms with Crippen LogP contribution in [0.4, 0.5) is 0 Å². The highest BCUT2D eigenvalue weighted by molar-refractivity contribution is 5.95. The third kappa shape index (κ3) is 3.87. The zero-order valence-electron chi connectivity index (χ0n) is 17.4. The Labute approximate surface area is 176 Å². The van der Waals surface area contributed by atoms with Crippen LogP contribution >= 0.6 is 0 Å². The molecule has 0 aliphatic rings. The van der Waals surface area contributed by atoms with Gasteiger partial charge in [0.05, 0.1) is 16.9 Å². The number of fused-ring (bicyclic) bond motifs is 1. The molecule has 150 valence electrons. The second-order valence-corrected chi connectivity index (χ2v) is 7.35. The molecule has 0 N–H and O–H groups in total. The summed E-state index contributed by atoms with van der Waals surface area (Å²) in [6.07, 6.45) is 5.21. The highest BCUT2D eigenvalue weighted by atomic mass is 16.2. The van der Waals surface area contributed by atoms with Crippen LogP contribution < -0.4 is 0 Å². The van der Waals surface area contributed by atoms with E-state index in [1.807, 2.05) is 92.3 Å². The summed E-state index contributed by atoms with van der Waals surface area (Å²) in [5.74, 6) is -0.0609. The van der Waals surface area contributed by atoms with E-state index in [4.69, 9.17) is 0 Å². The van der Waals surface area contributed by atoms with Crippen LogP contribution in [0.1, 0.15) is 22.5 Å². The smallest absolute Gasteiger partial charge is 0.246 e. The van der Waals surface area contributed by atoms with Crippen LogP contribution in [-0.4, -0.2) is 32.6 Å². The van der Waals surface area contributed by atoms with Crippen molar-refractivity contribution in [2.24, 2.45) is 0 Å². The number of hydrogen-bond donors (Lipinski definition) is 0. The number of hydrogen-bond acceptors (Lipinski definition) is 3. The fourth-order valence-corrected chi connectivity index (χ4v) is 3.59. The minimum atomic E-state index is -0.0609. The maximum Gasteiger partial charge on any atom is 0.246 e. The molecule has 0 radical (unpaired) electrons. The fourth-order valence-electron chi connectivity index (χ4n) is 3.59. The van der Waals surface area contributed by atoms with E-state index in [0.717, 1.165) is 39.1 Å². The number of pyridine rings is 1. The van der Waals surface area contributed by atoms with Crippen LogP contribution in [0, 0.1) is 13.8 Å². The molecule has 0 aliphatic heterocycles. The van der Waals surface area contributed by atoms with E-state index >= 15 is 0 Å². The second-order valence-electron chi connectivity index (χ2n) is 7.35. The summed E-state index contributed by atoms with van der Waals surface area (Å²) in [6.45, 7) is 4.53. The SMILES string of the molecule is Cc1nn(-c2ccccc2)c(C)c1CN(C)C(=O)/C=C/c1cccc2cccnc12. The molecule has 4 aromatic rings. The molecular weight excluding hydrogens is 372 g/mol. The molecule has 0 fully saturated rings. The Bertz CT molecular complexity index is 1220. The van der Waals surface area contributed by atoms with Crippen molar-refractivity contribution in [3.8, 4) is 5.69 Å². The summed E-state index contributed by atoms with van der Waals surface area (Å²) >= 11 is 0. The number of aromatic nitrogens is 3. The Kier molecular flexibility index (Phi) is 5.44. The number of amides is 1. The second kappa shape index (κ2) is 8.33. The Balaban J connectivity index is 1.53. The van der Waals surface area contributed by atoms with E-state index in [2.05, 4.69) is 10.1 Å². The number of likely N-dealkylation sites (N-methyl/N-ethyl adjacent to an activating group) is 1. The van der Waals surface area contributed by atoms with E-state index in [0.29, 0.717) is 6.54 Å². The van der Waals surface area contributed by atoms with Crippen LogP contribution in [0.3, 0.4) is 0 Å². The van der Waals surface area contributed by atoms with Crippen LogP contribution in [0.5, 0.6) is 0 Å². The van der Waals surface area contributed by atoms with Crippen LogP contribution in [-0.2, 0) is 11.3 Å². The maximum absolute atomic E-state index is 12.7. The van der Waals surface area contributed by atoms with Crippen molar-refractivity contribution in [3.05, 3.63) is 95.5 Å². The van der Waals surface area contributed by atoms with Crippen LogP contribution in [0.2, 0.25) is 0 Å². The predicted octanol–water partition coefficient (Wildman–Crippen LogP) is 4.71. The summed E-state index contributed by atoms with van der Waals surface area (Å²) in [5, 5.41) is 5.73. The molecule has 0 saturated carbocycles. The Hall–Kier alpha value is -3.73. The van der Waals surface area contributed by atoms with E-state index in [1.54, 1.807) is 17.2 Å². The first kappa shape index (κ1) is 19.6. The van der Waals surface area contributed by atoms with Crippen molar-refractivity contribution < 1.29 is 4.79 Å². The molecule has 0 bridgehead atoms. The number of nitrogens with zero attached hydrogens (tertiary/aromatic N) is 4. The van der Waals surface area contributed by atoms with Gasteiger partial charge in [-0.2, -0.15) is 5.10 Å². The van der Waals surface area contributed by atoms with Crippen molar-refractivity contribution in [1.29, 1.82) is 0 Å². The Morgan fingerprint density at radius 2 is 1.80 bits per heavy atom. The minimum Gasteiger partial charge on any atom is -0.338 e. The third-order valence-corrected chi connectivity index (χ3v) is 5.28. The quantitative estimate of drug-likeness (QED) is 0.459. The van der Waals surface area contributed by atoms with Crippen molar-refractivity contribution in [1.82, 2.24) is 19.7 Å². The van der Waals surface area contributed by atoms with Crippen molar-refractivity contribution in [2.75, 3.05) is 7.05 Å². The first-order valence-corrected chi connectivity index (χ1v) is 9.92. The summed E-state index contributed by atoms with van der Waals surface area (Å²) in [4.78, 5) is 18.9. The minimum absolute atomic E-state index is 0.0609. The molecule has 0 aliphatic carbocycles. The molecule has 30 heavy (non-hydrogen) atoms. The number of carbonyl (C=O) groups excluding carboxylic acids is 1. The zero-order valence-corrected chi connectivity index (χ0v) is 17.4. The fraction of sp³-hybridized carbons (Fsp3) is 0.160. The van der Waals surface area contributed by atoms with Crippen LogP contribution in [0.15, 0.2) is 72.9 Å². The Morgan fingerprint density at radius 3 is 2.60 bits per heavy atom. The van der Waals surface area contributed by atoms with Gasteiger partial charge in [0.1, 0.15) is 0 Å². The molecule has 5 heteroatoms. The zero-order chi connectivity index (χ0) is 21.1. The van der Waals surface area contributed by atoms with Gasteiger partial charge in [-0.25, -0.2) is 4.68 Å². The number of carbonyl (C=O) groups is 1. The summed E-state index contributed by atoms with van der Waals surface area (Å²) in [7, 11) is 1.81.